The SMILES string of the molecule is O=C(Nc1cccc(Br)c1O)[C@@H]1Cc2ccccc2N1. The first-order valence-corrected chi connectivity index (χ1v) is 7.07. The normalized spacial score (nSPS) is 16.4. The number of para-hydroxylation sites is 2. The molecule has 3 N–H and O–H groups in total. The zero-order valence-corrected chi connectivity index (χ0v) is 12.1. The van der Waals surface area contributed by atoms with Gasteiger partial charge in [-0.05, 0) is 39.7 Å². The predicted molar refractivity (Wildman–Crippen MR) is 82.0 cm³/mol. The van der Waals surface area contributed by atoms with Gasteiger partial charge in [-0.25, -0.2) is 0 Å². The molecule has 1 heterocycles. The number of nitrogens with one attached hydrogen (secondary N) is 2. The Hall–Kier alpha value is -2.01. The average molecular weight is 333 g/mol. The lowest BCUT2D eigenvalue weighted by molar-refractivity contribution is -0.116. The summed E-state index contributed by atoms with van der Waals surface area (Å²) in [6, 6.07) is 12.7. The fourth-order valence-electron chi connectivity index (χ4n) is 2.29. The van der Waals surface area contributed by atoms with Gasteiger partial charge < -0.3 is 15.7 Å². The fourth-order valence-corrected chi connectivity index (χ4v) is 2.66. The number of anilines is 2. The summed E-state index contributed by atoms with van der Waals surface area (Å²) in [7, 11) is 0. The third kappa shape index (κ3) is 2.36. The van der Waals surface area contributed by atoms with Crippen LogP contribution in [0, 0.1) is 0 Å². The van der Waals surface area contributed by atoms with Gasteiger partial charge in [-0.1, -0.05) is 24.3 Å². The fraction of sp³-hybridized carbons (Fsp3) is 0.133. The molecule has 2 aromatic carbocycles. The van der Waals surface area contributed by atoms with E-state index in [-0.39, 0.29) is 17.7 Å². The third-order valence-electron chi connectivity index (χ3n) is 3.33. The Morgan fingerprint density at radius 1 is 1.25 bits per heavy atom. The molecule has 20 heavy (non-hydrogen) atoms. The van der Waals surface area contributed by atoms with Crippen LogP contribution in [0.4, 0.5) is 11.4 Å². The van der Waals surface area contributed by atoms with Gasteiger partial charge >= 0.3 is 0 Å². The highest BCUT2D eigenvalue weighted by Gasteiger charge is 2.26. The maximum atomic E-state index is 12.2. The molecule has 0 saturated carbocycles. The number of carbonyl (C=O) groups is 1. The number of benzene rings is 2. The molecule has 4 nitrogen and oxygen atoms in total. The largest absolute Gasteiger partial charge is 0.505 e. The van der Waals surface area contributed by atoms with Crippen molar-refractivity contribution in [1.82, 2.24) is 0 Å². The summed E-state index contributed by atoms with van der Waals surface area (Å²) in [5.74, 6) is -0.119. The summed E-state index contributed by atoms with van der Waals surface area (Å²) < 4.78 is 0.554. The van der Waals surface area contributed by atoms with Crippen molar-refractivity contribution in [1.29, 1.82) is 0 Å². The second-order valence-electron chi connectivity index (χ2n) is 4.68. The second kappa shape index (κ2) is 5.17. The van der Waals surface area contributed by atoms with Crippen LogP contribution in [0.3, 0.4) is 0 Å². The van der Waals surface area contributed by atoms with Gasteiger partial charge in [-0.2, -0.15) is 0 Å². The van der Waals surface area contributed by atoms with Crippen molar-refractivity contribution in [3.05, 3.63) is 52.5 Å². The van der Waals surface area contributed by atoms with Crippen LogP contribution < -0.4 is 10.6 Å². The number of phenols is 1. The Kier molecular flexibility index (Phi) is 3.36. The van der Waals surface area contributed by atoms with E-state index in [9.17, 15) is 9.90 Å². The zero-order valence-electron chi connectivity index (χ0n) is 10.6. The van der Waals surface area contributed by atoms with Crippen molar-refractivity contribution < 1.29 is 9.90 Å². The van der Waals surface area contributed by atoms with Crippen LogP contribution >= 0.6 is 15.9 Å². The first-order chi connectivity index (χ1) is 9.65. The Balaban J connectivity index is 1.74. The zero-order chi connectivity index (χ0) is 14.1. The van der Waals surface area contributed by atoms with Crippen LogP contribution in [0.2, 0.25) is 0 Å². The number of phenolic OH excluding ortho intramolecular Hbond substituents is 1. The van der Waals surface area contributed by atoms with E-state index in [0.717, 1.165) is 11.3 Å². The van der Waals surface area contributed by atoms with E-state index in [1.165, 1.54) is 0 Å². The van der Waals surface area contributed by atoms with E-state index >= 15 is 0 Å². The van der Waals surface area contributed by atoms with E-state index < -0.39 is 0 Å². The molecule has 1 amide bonds. The molecule has 0 bridgehead atoms. The number of aromatic hydroxyl groups is 1. The molecule has 1 aliphatic heterocycles. The Bertz CT molecular complexity index is 648. The van der Waals surface area contributed by atoms with Gasteiger partial charge in [0.1, 0.15) is 6.04 Å². The van der Waals surface area contributed by atoms with Crippen LogP contribution in [0.5, 0.6) is 5.75 Å². The second-order valence-corrected chi connectivity index (χ2v) is 5.54. The van der Waals surface area contributed by atoms with Crippen LogP contribution in [0.1, 0.15) is 5.56 Å². The van der Waals surface area contributed by atoms with E-state index in [1.807, 2.05) is 24.3 Å². The van der Waals surface area contributed by atoms with Gasteiger partial charge in [0, 0.05) is 12.1 Å². The molecule has 1 aliphatic rings. The molecular formula is C15H13BrN2O2. The number of carbonyl (C=O) groups excluding carboxylic acids is 1. The summed E-state index contributed by atoms with van der Waals surface area (Å²) in [6.45, 7) is 0. The lowest BCUT2D eigenvalue weighted by Crippen LogP contribution is -2.32. The Morgan fingerprint density at radius 3 is 2.85 bits per heavy atom. The number of halogens is 1. The average Bonchev–Trinajstić information content (AvgIpc) is 2.88. The summed E-state index contributed by atoms with van der Waals surface area (Å²) >= 11 is 3.23. The van der Waals surface area contributed by atoms with E-state index in [4.69, 9.17) is 0 Å². The summed E-state index contributed by atoms with van der Waals surface area (Å²) in [6.07, 6.45) is 0.650. The number of hydrogen-bond acceptors (Lipinski definition) is 3. The van der Waals surface area contributed by atoms with Crippen LogP contribution in [-0.4, -0.2) is 17.1 Å². The lowest BCUT2D eigenvalue weighted by Gasteiger charge is -2.13. The molecule has 3 rings (SSSR count). The first kappa shape index (κ1) is 13.0. The van der Waals surface area contributed by atoms with Crippen molar-refractivity contribution in [2.45, 2.75) is 12.5 Å². The van der Waals surface area contributed by atoms with E-state index in [1.54, 1.807) is 18.2 Å². The number of fused-ring (bicyclic) bond motifs is 1. The van der Waals surface area contributed by atoms with Crippen LogP contribution in [0.15, 0.2) is 46.9 Å². The summed E-state index contributed by atoms with van der Waals surface area (Å²) in [5, 5.41) is 15.8. The molecule has 0 unspecified atom stereocenters. The minimum absolute atomic E-state index is 0.0383. The smallest absolute Gasteiger partial charge is 0.247 e. The summed E-state index contributed by atoms with van der Waals surface area (Å²) in [5.41, 5.74) is 2.53. The van der Waals surface area contributed by atoms with Crippen molar-refractivity contribution in [3.8, 4) is 5.75 Å². The Morgan fingerprint density at radius 2 is 2.05 bits per heavy atom. The predicted octanol–water partition coefficient (Wildman–Crippen LogP) is 3.13. The molecule has 2 aromatic rings. The summed E-state index contributed by atoms with van der Waals surface area (Å²) in [4.78, 5) is 12.2. The molecular weight excluding hydrogens is 320 g/mol. The van der Waals surface area contributed by atoms with Crippen molar-refractivity contribution >= 4 is 33.2 Å². The minimum atomic E-state index is -0.314. The van der Waals surface area contributed by atoms with Gasteiger partial charge in [-0.15, -0.1) is 0 Å². The lowest BCUT2D eigenvalue weighted by atomic mass is 10.1. The molecule has 0 fully saturated rings. The molecule has 5 heteroatoms. The van der Waals surface area contributed by atoms with Crippen molar-refractivity contribution in [2.75, 3.05) is 10.6 Å². The third-order valence-corrected chi connectivity index (χ3v) is 3.97. The van der Waals surface area contributed by atoms with Crippen molar-refractivity contribution in [2.24, 2.45) is 0 Å². The molecule has 1 atom stereocenters. The molecule has 0 radical (unpaired) electrons. The highest BCUT2D eigenvalue weighted by molar-refractivity contribution is 9.10. The molecule has 102 valence electrons. The van der Waals surface area contributed by atoms with Crippen LogP contribution in [-0.2, 0) is 11.2 Å². The van der Waals surface area contributed by atoms with Gasteiger partial charge in [-0.3, -0.25) is 4.79 Å². The van der Waals surface area contributed by atoms with E-state index in [2.05, 4.69) is 26.6 Å². The molecule has 0 aliphatic carbocycles. The highest BCUT2D eigenvalue weighted by atomic mass is 79.9. The van der Waals surface area contributed by atoms with Gasteiger partial charge in [0.05, 0.1) is 10.2 Å². The first-order valence-electron chi connectivity index (χ1n) is 6.28. The maximum absolute atomic E-state index is 12.2. The molecule has 0 aromatic heterocycles. The minimum Gasteiger partial charge on any atom is -0.505 e. The number of rotatable bonds is 2. The van der Waals surface area contributed by atoms with Crippen LogP contribution in [0.25, 0.3) is 0 Å². The highest BCUT2D eigenvalue weighted by Crippen LogP contribution is 2.32. The van der Waals surface area contributed by atoms with E-state index in [0.29, 0.717) is 16.6 Å². The van der Waals surface area contributed by atoms with Gasteiger partial charge in [0.25, 0.3) is 0 Å². The molecule has 0 saturated heterocycles. The van der Waals surface area contributed by atoms with Gasteiger partial charge in [0.15, 0.2) is 5.75 Å². The maximum Gasteiger partial charge on any atom is 0.247 e. The van der Waals surface area contributed by atoms with Crippen molar-refractivity contribution in [3.63, 3.8) is 0 Å². The van der Waals surface area contributed by atoms with Gasteiger partial charge in [0.2, 0.25) is 5.91 Å². The quantitative estimate of drug-likeness (QED) is 0.740. The Labute approximate surface area is 125 Å². The monoisotopic (exact) mass is 332 g/mol. The molecule has 0 spiro atoms. The number of amides is 1. The standard InChI is InChI=1S/C15H13BrN2O2/c16-10-5-3-7-12(14(10)19)18-15(20)13-8-9-4-1-2-6-11(9)17-13/h1-7,13,17,19H,8H2,(H,18,20)/t13-/m0/s1. The topological polar surface area (TPSA) is 61.4 Å². The number of hydrogen-bond donors (Lipinski definition) is 3.